The Morgan fingerprint density at radius 1 is 1.16 bits per heavy atom. The van der Waals surface area contributed by atoms with Gasteiger partial charge in [-0.05, 0) is 36.5 Å². The highest BCUT2D eigenvalue weighted by Gasteiger charge is 2.40. The van der Waals surface area contributed by atoms with Crippen LogP contribution in [0.4, 0.5) is 4.79 Å². The Kier molecular flexibility index (Phi) is 9.48. The van der Waals surface area contributed by atoms with Crippen molar-refractivity contribution in [2.75, 3.05) is 6.61 Å². The molecule has 0 aliphatic carbocycles. The number of alkyl carbamates (subject to hydrolysis) is 1. The number of imide groups is 1. The van der Waals surface area contributed by atoms with E-state index in [1.165, 1.54) is 0 Å². The van der Waals surface area contributed by atoms with E-state index < -0.39 is 20.6 Å². The number of nitrogens with zero attached hydrogens (tertiary/aromatic N) is 1. The Hall–Kier alpha value is -1.71. The second-order valence-corrected chi connectivity index (χ2v) is 15.6. The van der Waals surface area contributed by atoms with E-state index in [1.54, 1.807) is 0 Å². The van der Waals surface area contributed by atoms with Crippen LogP contribution in [-0.2, 0) is 25.4 Å². The highest BCUT2D eigenvalue weighted by Crippen LogP contribution is 2.36. The number of rotatable bonds is 10. The number of halogens is 1. The van der Waals surface area contributed by atoms with E-state index in [0.29, 0.717) is 13.0 Å². The lowest BCUT2D eigenvalue weighted by Gasteiger charge is -2.36. The molecule has 0 unspecified atom stereocenters. The van der Waals surface area contributed by atoms with E-state index in [4.69, 9.17) is 9.16 Å². The lowest BCUT2D eigenvalue weighted by molar-refractivity contribution is -0.141. The van der Waals surface area contributed by atoms with Gasteiger partial charge in [0, 0.05) is 19.4 Å². The lowest BCUT2D eigenvalue weighted by Crippen LogP contribution is -2.55. The third kappa shape index (κ3) is 7.42. The second kappa shape index (κ2) is 11.4. The fourth-order valence-electron chi connectivity index (χ4n) is 3.09. The van der Waals surface area contributed by atoms with E-state index in [2.05, 4.69) is 55.1 Å². The van der Waals surface area contributed by atoms with Crippen molar-refractivity contribution in [1.29, 1.82) is 0 Å². The van der Waals surface area contributed by atoms with Crippen molar-refractivity contribution < 1.29 is 23.5 Å². The molecule has 0 radical (unpaired) electrons. The van der Waals surface area contributed by atoms with Gasteiger partial charge in [0.05, 0.1) is 4.83 Å². The fraction of sp³-hybridized carbons (Fsp3) is 0.609. The van der Waals surface area contributed by atoms with Crippen molar-refractivity contribution in [1.82, 2.24) is 10.2 Å². The summed E-state index contributed by atoms with van der Waals surface area (Å²) in [5, 5.41) is 2.84. The van der Waals surface area contributed by atoms with Crippen LogP contribution in [0.15, 0.2) is 30.3 Å². The average molecular weight is 528 g/mol. The van der Waals surface area contributed by atoms with Crippen LogP contribution >= 0.6 is 15.9 Å². The van der Waals surface area contributed by atoms with Gasteiger partial charge in [0.15, 0.2) is 8.32 Å². The first kappa shape index (κ1) is 26.5. The fourth-order valence-corrected chi connectivity index (χ4v) is 4.87. The minimum absolute atomic E-state index is 0.106. The number of ether oxygens (including phenoxy) is 1. The van der Waals surface area contributed by atoms with Crippen LogP contribution in [0.3, 0.4) is 0 Å². The zero-order valence-corrected chi connectivity index (χ0v) is 22.2. The molecule has 0 saturated carbocycles. The first-order chi connectivity index (χ1) is 14.9. The summed E-state index contributed by atoms with van der Waals surface area (Å²) < 4.78 is 11.5. The van der Waals surface area contributed by atoms with Gasteiger partial charge in [-0.1, -0.05) is 67.0 Å². The van der Waals surface area contributed by atoms with E-state index in [0.717, 1.165) is 16.9 Å². The Balaban J connectivity index is 1.96. The summed E-state index contributed by atoms with van der Waals surface area (Å²) in [6, 6.07) is 9.32. The molecular weight excluding hydrogens is 492 g/mol. The van der Waals surface area contributed by atoms with Crippen molar-refractivity contribution >= 4 is 42.2 Å². The van der Waals surface area contributed by atoms with Gasteiger partial charge >= 0.3 is 6.09 Å². The van der Waals surface area contributed by atoms with Crippen molar-refractivity contribution in [2.24, 2.45) is 0 Å². The topological polar surface area (TPSA) is 84.9 Å². The molecule has 7 nitrogen and oxygen atoms in total. The molecule has 1 fully saturated rings. The number of alkyl halides is 1. The van der Waals surface area contributed by atoms with Crippen LogP contribution in [0, 0.1) is 0 Å². The van der Waals surface area contributed by atoms with Crippen molar-refractivity contribution in [3.63, 3.8) is 0 Å². The average Bonchev–Trinajstić information content (AvgIpc) is 3.05. The number of likely N-dealkylation sites (tertiary alicyclic amines) is 1. The Bertz CT molecular complexity index is 781. The van der Waals surface area contributed by atoms with Gasteiger partial charge < -0.3 is 9.16 Å². The van der Waals surface area contributed by atoms with Gasteiger partial charge in [-0.15, -0.1) is 0 Å². The van der Waals surface area contributed by atoms with Gasteiger partial charge in [-0.3, -0.25) is 19.8 Å². The molecule has 2 atom stereocenters. The molecule has 0 aromatic heterocycles. The molecule has 1 aromatic carbocycles. The van der Waals surface area contributed by atoms with E-state index in [1.807, 2.05) is 30.3 Å². The predicted molar refractivity (Wildman–Crippen MR) is 130 cm³/mol. The first-order valence-electron chi connectivity index (χ1n) is 11.0. The number of nitrogens with one attached hydrogen (secondary N) is 1. The maximum atomic E-state index is 12.5. The molecule has 178 valence electrons. The molecular formula is C23H35BrN2O5Si. The molecule has 0 spiro atoms. The predicted octanol–water partition coefficient (Wildman–Crippen LogP) is 4.95. The summed E-state index contributed by atoms with van der Waals surface area (Å²) in [4.78, 5) is 38.0. The summed E-state index contributed by atoms with van der Waals surface area (Å²) >= 11 is 3.59. The van der Waals surface area contributed by atoms with Crippen molar-refractivity contribution in [3.8, 4) is 0 Å². The minimum Gasteiger partial charge on any atom is -0.445 e. The maximum absolute atomic E-state index is 12.5. The van der Waals surface area contributed by atoms with Gasteiger partial charge in [0.1, 0.15) is 12.8 Å². The van der Waals surface area contributed by atoms with Gasteiger partial charge in [0.2, 0.25) is 11.8 Å². The number of hydrogen-bond donors (Lipinski definition) is 1. The number of benzene rings is 1. The number of carbonyl (C=O) groups excluding carboxylic acids is 3. The zero-order valence-electron chi connectivity index (χ0n) is 19.7. The molecule has 0 bridgehead atoms. The summed E-state index contributed by atoms with van der Waals surface area (Å²) in [6.45, 7) is 11.7. The van der Waals surface area contributed by atoms with Crippen LogP contribution in [0.5, 0.6) is 0 Å². The molecule has 1 aromatic rings. The minimum atomic E-state index is -1.84. The standard InChI is InChI=1S/C23H35BrN2O5Si/c1-23(2,3)32(4,5)31-15-9-12-18(24)21(26-19(27)13-14-20(26)28)25-22(29)30-16-17-10-7-6-8-11-17/h6-8,10-11,18,21H,9,12-16H2,1-5H3,(H,25,29)/t18-,21+/m0/s1. The number of amides is 3. The second-order valence-electron chi connectivity index (χ2n) is 9.58. The van der Waals surface area contributed by atoms with Crippen LogP contribution in [0.25, 0.3) is 0 Å². The monoisotopic (exact) mass is 526 g/mol. The lowest BCUT2D eigenvalue weighted by atomic mass is 10.2. The normalized spacial score (nSPS) is 16.8. The van der Waals surface area contributed by atoms with Crippen LogP contribution in [-0.4, -0.2) is 48.7 Å². The number of carbonyl (C=O) groups is 3. The molecule has 1 aliphatic rings. The SMILES string of the molecule is CC(C)(C)[Si](C)(C)OCCC[C@H](Br)[C@H](NC(=O)OCc1ccccc1)N1C(=O)CCC1=O. The maximum Gasteiger partial charge on any atom is 0.409 e. The van der Waals surface area contributed by atoms with E-state index >= 15 is 0 Å². The molecule has 9 heteroatoms. The van der Waals surface area contributed by atoms with Crippen LogP contribution < -0.4 is 5.32 Å². The first-order valence-corrected chi connectivity index (χ1v) is 14.8. The molecule has 1 aliphatic heterocycles. The third-order valence-corrected chi connectivity index (χ3v) is 11.6. The molecule has 1 heterocycles. The van der Waals surface area contributed by atoms with E-state index in [9.17, 15) is 14.4 Å². The smallest absolute Gasteiger partial charge is 0.409 e. The van der Waals surface area contributed by atoms with Crippen molar-refractivity contribution in [2.45, 2.75) is 82.2 Å². The van der Waals surface area contributed by atoms with E-state index in [-0.39, 0.29) is 41.1 Å². The van der Waals surface area contributed by atoms with Crippen LogP contribution in [0.1, 0.15) is 52.0 Å². The number of hydrogen-bond acceptors (Lipinski definition) is 5. The highest BCUT2D eigenvalue weighted by atomic mass is 79.9. The molecule has 32 heavy (non-hydrogen) atoms. The summed E-state index contributed by atoms with van der Waals surface area (Å²) in [5.41, 5.74) is 0.852. The van der Waals surface area contributed by atoms with Crippen LogP contribution in [0.2, 0.25) is 18.1 Å². The molecule has 3 amide bonds. The zero-order chi connectivity index (χ0) is 23.9. The Labute approximate surface area is 200 Å². The molecule has 1 N–H and O–H groups in total. The molecule has 1 saturated heterocycles. The van der Waals surface area contributed by atoms with Gasteiger partial charge in [0.25, 0.3) is 0 Å². The van der Waals surface area contributed by atoms with Gasteiger partial charge in [-0.2, -0.15) is 0 Å². The van der Waals surface area contributed by atoms with Crippen molar-refractivity contribution in [3.05, 3.63) is 35.9 Å². The highest BCUT2D eigenvalue weighted by molar-refractivity contribution is 9.09. The Morgan fingerprint density at radius 3 is 2.31 bits per heavy atom. The summed E-state index contributed by atoms with van der Waals surface area (Å²) in [5.74, 6) is -0.573. The largest absolute Gasteiger partial charge is 0.445 e. The third-order valence-electron chi connectivity index (χ3n) is 6.08. The quantitative estimate of drug-likeness (QED) is 0.201. The Morgan fingerprint density at radius 2 is 1.75 bits per heavy atom. The summed E-state index contributed by atoms with van der Waals surface area (Å²) in [7, 11) is -1.84. The summed E-state index contributed by atoms with van der Waals surface area (Å²) in [6.07, 6.45) is 0.182. The van der Waals surface area contributed by atoms with Gasteiger partial charge in [-0.25, -0.2) is 4.79 Å². The molecule has 2 rings (SSSR count).